The number of anilines is 1. The van der Waals surface area contributed by atoms with Gasteiger partial charge in [-0.2, -0.15) is 5.26 Å². The van der Waals surface area contributed by atoms with Crippen LogP contribution >= 0.6 is 11.6 Å². The summed E-state index contributed by atoms with van der Waals surface area (Å²) in [6, 6.07) is 10.6. The van der Waals surface area contributed by atoms with Crippen LogP contribution in [0, 0.1) is 11.5 Å². The third-order valence-electron chi connectivity index (χ3n) is 6.29. The van der Waals surface area contributed by atoms with Crippen molar-refractivity contribution < 1.29 is 18.3 Å². The highest BCUT2D eigenvalue weighted by molar-refractivity contribution is 7.92. The quantitative estimate of drug-likeness (QED) is 0.210. The van der Waals surface area contributed by atoms with Gasteiger partial charge in [-0.15, -0.1) is 0 Å². The smallest absolute Gasteiger partial charge is 0.209 e. The minimum atomic E-state index is -3.58. The average Bonchev–Trinajstić information content (AvgIpc) is 2.83. The number of aliphatic hydroxyl groups is 1. The fourth-order valence-corrected chi connectivity index (χ4v) is 6.23. The predicted octanol–water partition coefficient (Wildman–Crippen LogP) is 2.98. The van der Waals surface area contributed by atoms with Crippen molar-refractivity contribution in [3.8, 4) is 11.9 Å². The minimum absolute atomic E-state index is 0.0918. The fourth-order valence-electron chi connectivity index (χ4n) is 4.32. The summed E-state index contributed by atoms with van der Waals surface area (Å²) in [6.07, 6.45) is 1.80. The van der Waals surface area contributed by atoms with Gasteiger partial charge in [0.2, 0.25) is 5.96 Å². The van der Waals surface area contributed by atoms with Gasteiger partial charge < -0.3 is 20.5 Å². The van der Waals surface area contributed by atoms with E-state index in [0.717, 1.165) is 0 Å². The summed E-state index contributed by atoms with van der Waals surface area (Å²) in [7, 11) is -3.58. The SMILES string of the molecule is CC1(C)Oc2ccc(S(=O)(=O)C3CCNCC3)cc2[C@@H](N=C(NC#N)Nc2ccc(Cl)cc2)[C@@H]1O. The summed E-state index contributed by atoms with van der Waals surface area (Å²) in [5.41, 5.74) is 0.0513. The minimum Gasteiger partial charge on any atom is -0.485 e. The summed E-state index contributed by atoms with van der Waals surface area (Å²) in [4.78, 5) is 4.77. The van der Waals surface area contributed by atoms with Crippen molar-refractivity contribution in [2.24, 2.45) is 4.99 Å². The number of nitrogens with zero attached hydrogens (tertiary/aromatic N) is 2. The molecular weight excluding hydrogens is 490 g/mol. The highest BCUT2D eigenvalue weighted by Gasteiger charge is 2.44. The van der Waals surface area contributed by atoms with Gasteiger partial charge >= 0.3 is 0 Å². The number of benzene rings is 2. The molecule has 0 unspecified atom stereocenters. The molecule has 4 rings (SSSR count). The molecule has 0 radical (unpaired) electrons. The van der Waals surface area contributed by atoms with E-state index in [1.165, 1.54) is 6.07 Å². The Morgan fingerprint density at radius 2 is 1.91 bits per heavy atom. The molecule has 35 heavy (non-hydrogen) atoms. The van der Waals surface area contributed by atoms with E-state index >= 15 is 0 Å². The van der Waals surface area contributed by atoms with Crippen LogP contribution in [0.3, 0.4) is 0 Å². The third-order valence-corrected chi connectivity index (χ3v) is 8.80. The van der Waals surface area contributed by atoms with Gasteiger partial charge in [0.05, 0.1) is 10.1 Å². The topological polar surface area (TPSA) is 136 Å². The molecular formula is C24H28ClN5O4S. The Morgan fingerprint density at radius 3 is 2.57 bits per heavy atom. The molecule has 186 valence electrons. The van der Waals surface area contributed by atoms with Crippen LogP contribution in [0.4, 0.5) is 5.69 Å². The van der Waals surface area contributed by atoms with Gasteiger partial charge in [0, 0.05) is 16.3 Å². The summed E-state index contributed by atoms with van der Waals surface area (Å²) in [6.45, 7) is 4.76. The number of hydrogen-bond acceptors (Lipinski definition) is 7. The number of halogens is 1. The Hall–Kier alpha value is -2.84. The van der Waals surface area contributed by atoms with Crippen molar-refractivity contribution in [1.82, 2.24) is 10.6 Å². The number of guanidine groups is 1. The molecule has 0 aliphatic carbocycles. The van der Waals surface area contributed by atoms with Crippen molar-refractivity contribution in [2.75, 3.05) is 18.4 Å². The van der Waals surface area contributed by atoms with E-state index < -0.39 is 32.8 Å². The van der Waals surface area contributed by atoms with E-state index in [4.69, 9.17) is 16.3 Å². The first-order chi connectivity index (χ1) is 16.6. The van der Waals surface area contributed by atoms with Crippen LogP contribution in [-0.2, 0) is 9.84 Å². The average molecular weight is 518 g/mol. The molecule has 0 amide bonds. The van der Waals surface area contributed by atoms with Gasteiger partial charge in [-0.1, -0.05) is 11.6 Å². The molecule has 9 nitrogen and oxygen atoms in total. The van der Waals surface area contributed by atoms with Gasteiger partial charge in [-0.05, 0) is 82.2 Å². The first kappa shape index (κ1) is 25.3. The summed E-state index contributed by atoms with van der Waals surface area (Å²) in [5.74, 6) is 0.523. The highest BCUT2D eigenvalue weighted by atomic mass is 35.5. The molecule has 2 aliphatic rings. The molecule has 2 atom stereocenters. The third kappa shape index (κ3) is 5.38. The summed E-state index contributed by atoms with van der Waals surface area (Å²) in [5, 5.41) is 29.2. The van der Waals surface area contributed by atoms with E-state index in [-0.39, 0.29) is 10.9 Å². The van der Waals surface area contributed by atoms with Crippen LogP contribution in [0.5, 0.6) is 5.75 Å². The molecule has 0 bridgehead atoms. The van der Waals surface area contributed by atoms with E-state index in [1.54, 1.807) is 50.2 Å². The Morgan fingerprint density at radius 1 is 1.23 bits per heavy atom. The highest BCUT2D eigenvalue weighted by Crippen LogP contribution is 2.43. The molecule has 2 aromatic carbocycles. The Bertz CT molecular complexity index is 1250. The molecule has 0 saturated carbocycles. The van der Waals surface area contributed by atoms with E-state index in [2.05, 4.69) is 20.9 Å². The number of sulfone groups is 1. The molecule has 0 spiro atoms. The first-order valence-corrected chi connectivity index (χ1v) is 13.3. The maximum atomic E-state index is 13.3. The van der Waals surface area contributed by atoms with Crippen LogP contribution in [-0.4, -0.2) is 49.5 Å². The molecule has 2 aliphatic heterocycles. The lowest BCUT2D eigenvalue weighted by Gasteiger charge is -2.41. The first-order valence-electron chi connectivity index (χ1n) is 11.3. The monoisotopic (exact) mass is 517 g/mol. The lowest BCUT2D eigenvalue weighted by Crippen LogP contribution is -2.49. The molecule has 1 fully saturated rings. The van der Waals surface area contributed by atoms with Gasteiger partial charge in [0.1, 0.15) is 23.5 Å². The largest absolute Gasteiger partial charge is 0.485 e. The van der Waals surface area contributed by atoms with Crippen molar-refractivity contribution >= 4 is 33.1 Å². The van der Waals surface area contributed by atoms with Crippen LogP contribution in [0.2, 0.25) is 5.02 Å². The maximum absolute atomic E-state index is 13.3. The van der Waals surface area contributed by atoms with E-state index in [9.17, 15) is 18.8 Å². The number of nitriles is 1. The number of fused-ring (bicyclic) bond motifs is 1. The van der Waals surface area contributed by atoms with Crippen LogP contribution < -0.4 is 20.7 Å². The zero-order valence-electron chi connectivity index (χ0n) is 19.5. The van der Waals surface area contributed by atoms with Crippen molar-refractivity contribution in [2.45, 2.75) is 54.6 Å². The Kier molecular flexibility index (Phi) is 7.24. The number of aliphatic imine (C=N–C) groups is 1. The van der Waals surface area contributed by atoms with Gasteiger partial charge in [-0.3, -0.25) is 5.32 Å². The van der Waals surface area contributed by atoms with Crippen molar-refractivity contribution in [1.29, 1.82) is 5.26 Å². The molecule has 2 aromatic rings. The van der Waals surface area contributed by atoms with Crippen molar-refractivity contribution in [3.05, 3.63) is 53.1 Å². The van der Waals surface area contributed by atoms with E-state index in [1.807, 2.05) is 6.19 Å². The number of ether oxygens (including phenoxy) is 1. The number of hydrogen-bond donors (Lipinski definition) is 4. The lowest BCUT2D eigenvalue weighted by molar-refractivity contribution is -0.0568. The van der Waals surface area contributed by atoms with Gasteiger partial charge in [0.25, 0.3) is 0 Å². The second-order valence-corrected chi connectivity index (χ2v) is 11.8. The maximum Gasteiger partial charge on any atom is 0.209 e. The molecule has 2 heterocycles. The number of aliphatic hydroxyl groups excluding tert-OH is 1. The van der Waals surface area contributed by atoms with Crippen LogP contribution in [0.15, 0.2) is 52.4 Å². The molecule has 11 heteroatoms. The Labute approximate surface area is 210 Å². The lowest BCUT2D eigenvalue weighted by atomic mass is 9.87. The van der Waals surface area contributed by atoms with Crippen LogP contribution in [0.1, 0.15) is 38.3 Å². The Balaban J connectivity index is 1.75. The second kappa shape index (κ2) is 10.0. The number of piperidine rings is 1. The zero-order chi connectivity index (χ0) is 25.2. The molecule has 1 saturated heterocycles. The van der Waals surface area contributed by atoms with Gasteiger partial charge in [-0.25, -0.2) is 13.4 Å². The normalized spacial score (nSPS) is 22.4. The van der Waals surface area contributed by atoms with E-state index in [0.29, 0.717) is 48.0 Å². The summed E-state index contributed by atoms with van der Waals surface area (Å²) < 4.78 is 32.7. The zero-order valence-corrected chi connectivity index (χ0v) is 21.0. The predicted molar refractivity (Wildman–Crippen MR) is 134 cm³/mol. The van der Waals surface area contributed by atoms with Crippen molar-refractivity contribution in [3.63, 3.8) is 0 Å². The molecule has 0 aromatic heterocycles. The van der Waals surface area contributed by atoms with Crippen LogP contribution in [0.25, 0.3) is 0 Å². The second-order valence-electron chi connectivity index (χ2n) is 9.14. The molecule has 4 N–H and O–H groups in total. The number of rotatable bonds is 4. The summed E-state index contributed by atoms with van der Waals surface area (Å²) >= 11 is 5.95. The number of nitrogens with one attached hydrogen (secondary N) is 3. The fraction of sp³-hybridized carbons (Fsp3) is 0.417. The standard InChI is InChI=1S/C24H28ClN5O4S/c1-24(2)22(31)21(30-23(28-14-26)29-16-5-3-15(25)4-6-16)19-13-18(7-8-20(19)34-24)35(32,33)17-9-11-27-12-10-17/h3-8,13,17,21-22,27,31H,9-12H2,1-2H3,(H2,28,29,30)/t21-,22+/m1/s1. The van der Waals surface area contributed by atoms with Gasteiger partial charge in [0.15, 0.2) is 16.0 Å².